The van der Waals surface area contributed by atoms with E-state index in [0.29, 0.717) is 6.61 Å². The maximum Gasteiger partial charge on any atom is 0.367 e. The predicted octanol–water partition coefficient (Wildman–Crippen LogP) is 2.90. The van der Waals surface area contributed by atoms with Crippen LogP contribution in [0.1, 0.15) is 18.9 Å². The van der Waals surface area contributed by atoms with Crippen LogP contribution in [-0.2, 0) is 11.2 Å². The minimum absolute atomic E-state index is 0.177. The van der Waals surface area contributed by atoms with E-state index in [2.05, 4.69) is 4.98 Å². The molecule has 0 fully saturated rings. The van der Waals surface area contributed by atoms with Crippen LogP contribution in [-0.4, -0.2) is 22.6 Å². The maximum atomic E-state index is 11.0. The number of aryl methyl sites for hydroxylation is 1. The van der Waals surface area contributed by atoms with Crippen molar-refractivity contribution in [2.45, 2.75) is 19.8 Å². The number of carbonyl (C=O) groups excluding carboxylic acids is 1. The zero-order valence-electron chi connectivity index (χ0n) is 8.81. The van der Waals surface area contributed by atoms with Gasteiger partial charge in [-0.1, -0.05) is 13.0 Å². The van der Waals surface area contributed by atoms with Crippen LogP contribution in [0.4, 0.5) is 4.79 Å². The van der Waals surface area contributed by atoms with Gasteiger partial charge in [-0.05, 0) is 36.2 Å². The normalized spacial score (nSPS) is 9.93. The third kappa shape index (κ3) is 5.42. The topological polar surface area (TPSA) is 39.2 Å². The van der Waals surface area contributed by atoms with E-state index >= 15 is 0 Å². The number of aromatic nitrogens is 1. The van der Waals surface area contributed by atoms with E-state index in [1.807, 2.05) is 25.3 Å². The molecule has 1 aromatic rings. The molecule has 0 radical (unpaired) electrons. The van der Waals surface area contributed by atoms with Crippen molar-refractivity contribution in [3.63, 3.8) is 0 Å². The van der Waals surface area contributed by atoms with Crippen molar-refractivity contribution >= 4 is 17.1 Å². The first-order valence-corrected chi connectivity index (χ1v) is 6.00. The standard InChI is InChI=1S/C11H15NO2S/c1-2-15-11(13)14-8-4-6-10-5-3-7-12-9-10/h3,5,7,9H,2,4,6,8H2,1H3. The Balaban J connectivity index is 2.10. The zero-order valence-corrected chi connectivity index (χ0v) is 9.63. The van der Waals surface area contributed by atoms with Crippen molar-refractivity contribution in [2.24, 2.45) is 0 Å². The molecular formula is C11H15NO2S. The van der Waals surface area contributed by atoms with E-state index in [1.165, 1.54) is 17.3 Å². The smallest absolute Gasteiger partial charge is 0.367 e. The minimum atomic E-state index is -0.177. The summed E-state index contributed by atoms with van der Waals surface area (Å²) in [5.74, 6) is 0.765. The summed E-state index contributed by atoms with van der Waals surface area (Å²) in [5, 5.41) is -0.177. The second-order valence-corrected chi connectivity index (χ2v) is 4.20. The molecular weight excluding hydrogens is 210 g/mol. The van der Waals surface area contributed by atoms with Crippen LogP contribution in [0.2, 0.25) is 0 Å². The van der Waals surface area contributed by atoms with E-state index in [9.17, 15) is 4.79 Å². The van der Waals surface area contributed by atoms with Gasteiger partial charge in [0.15, 0.2) is 0 Å². The van der Waals surface area contributed by atoms with Gasteiger partial charge in [-0.15, -0.1) is 0 Å². The van der Waals surface area contributed by atoms with Crippen molar-refractivity contribution in [3.8, 4) is 0 Å². The Hall–Kier alpha value is -1.03. The molecule has 0 unspecified atom stereocenters. The van der Waals surface area contributed by atoms with Gasteiger partial charge in [0.1, 0.15) is 0 Å². The molecule has 0 bridgehead atoms. The fraction of sp³-hybridized carbons (Fsp3) is 0.455. The molecule has 1 rings (SSSR count). The third-order valence-electron chi connectivity index (χ3n) is 1.81. The molecule has 15 heavy (non-hydrogen) atoms. The molecule has 0 saturated heterocycles. The minimum Gasteiger partial charge on any atom is -0.458 e. The highest BCUT2D eigenvalue weighted by atomic mass is 32.2. The van der Waals surface area contributed by atoms with E-state index in [1.54, 1.807) is 6.20 Å². The van der Waals surface area contributed by atoms with Gasteiger partial charge in [0.2, 0.25) is 0 Å². The number of pyridine rings is 1. The van der Waals surface area contributed by atoms with E-state index in [4.69, 9.17) is 4.74 Å². The van der Waals surface area contributed by atoms with Gasteiger partial charge in [0, 0.05) is 18.1 Å². The lowest BCUT2D eigenvalue weighted by atomic mass is 10.2. The summed E-state index contributed by atoms with van der Waals surface area (Å²) in [6.07, 6.45) is 5.34. The molecule has 0 aliphatic carbocycles. The van der Waals surface area contributed by atoms with E-state index in [-0.39, 0.29) is 5.30 Å². The molecule has 1 aromatic heterocycles. The Morgan fingerprint density at radius 1 is 1.60 bits per heavy atom. The number of thioether (sulfide) groups is 1. The molecule has 4 heteroatoms. The Morgan fingerprint density at radius 3 is 3.13 bits per heavy atom. The van der Waals surface area contributed by atoms with Crippen LogP contribution in [0.5, 0.6) is 0 Å². The van der Waals surface area contributed by atoms with Crippen LogP contribution < -0.4 is 0 Å². The summed E-state index contributed by atoms with van der Waals surface area (Å²) in [6, 6.07) is 3.93. The Kier molecular flexibility index (Phi) is 5.85. The molecule has 0 atom stereocenters. The largest absolute Gasteiger partial charge is 0.458 e. The fourth-order valence-electron chi connectivity index (χ4n) is 1.14. The van der Waals surface area contributed by atoms with Crippen molar-refractivity contribution in [1.29, 1.82) is 0 Å². The van der Waals surface area contributed by atoms with Crippen molar-refractivity contribution < 1.29 is 9.53 Å². The van der Waals surface area contributed by atoms with Crippen LogP contribution in [0.15, 0.2) is 24.5 Å². The summed E-state index contributed by atoms with van der Waals surface area (Å²) >= 11 is 1.20. The molecule has 1 heterocycles. The number of ether oxygens (including phenoxy) is 1. The van der Waals surface area contributed by atoms with Crippen molar-refractivity contribution in [2.75, 3.05) is 12.4 Å². The number of carbonyl (C=O) groups is 1. The lowest BCUT2D eigenvalue weighted by Crippen LogP contribution is -2.01. The maximum absolute atomic E-state index is 11.0. The van der Waals surface area contributed by atoms with Crippen LogP contribution in [0.3, 0.4) is 0 Å². The summed E-state index contributed by atoms with van der Waals surface area (Å²) in [7, 11) is 0. The molecule has 0 saturated carbocycles. The van der Waals surface area contributed by atoms with Gasteiger partial charge < -0.3 is 4.74 Å². The molecule has 0 aliphatic heterocycles. The van der Waals surface area contributed by atoms with E-state index < -0.39 is 0 Å². The number of nitrogens with zero attached hydrogens (tertiary/aromatic N) is 1. The first kappa shape index (κ1) is 12.0. The van der Waals surface area contributed by atoms with Crippen LogP contribution in [0, 0.1) is 0 Å². The molecule has 0 aliphatic rings. The van der Waals surface area contributed by atoms with Gasteiger partial charge in [-0.3, -0.25) is 4.98 Å². The Morgan fingerprint density at radius 2 is 2.47 bits per heavy atom. The third-order valence-corrected chi connectivity index (χ3v) is 2.46. The SMILES string of the molecule is CCSC(=O)OCCCc1cccnc1. The summed E-state index contributed by atoms with van der Waals surface area (Å²) < 4.78 is 5.01. The second kappa shape index (κ2) is 7.29. The molecule has 0 spiro atoms. The first-order chi connectivity index (χ1) is 7.33. The number of hydrogen-bond acceptors (Lipinski definition) is 4. The average molecular weight is 225 g/mol. The predicted molar refractivity (Wildman–Crippen MR) is 62.0 cm³/mol. The Bertz CT molecular complexity index is 290. The summed E-state index contributed by atoms with van der Waals surface area (Å²) in [5.41, 5.74) is 1.18. The summed E-state index contributed by atoms with van der Waals surface area (Å²) in [6.45, 7) is 2.42. The highest BCUT2D eigenvalue weighted by molar-refractivity contribution is 8.13. The van der Waals surface area contributed by atoms with Gasteiger partial charge in [-0.25, -0.2) is 4.79 Å². The van der Waals surface area contributed by atoms with Crippen molar-refractivity contribution in [1.82, 2.24) is 4.98 Å². The highest BCUT2D eigenvalue weighted by Gasteiger charge is 2.00. The molecule has 3 nitrogen and oxygen atoms in total. The molecule has 0 aromatic carbocycles. The molecule has 82 valence electrons. The second-order valence-electron chi connectivity index (χ2n) is 3.00. The van der Waals surface area contributed by atoms with E-state index in [0.717, 1.165) is 18.6 Å². The number of rotatable bonds is 5. The summed E-state index contributed by atoms with van der Waals surface area (Å²) in [4.78, 5) is 15.0. The van der Waals surface area contributed by atoms with Gasteiger partial charge in [0.05, 0.1) is 6.61 Å². The highest BCUT2D eigenvalue weighted by Crippen LogP contribution is 2.05. The Labute approximate surface area is 94.2 Å². The van der Waals surface area contributed by atoms with Crippen LogP contribution in [0.25, 0.3) is 0 Å². The van der Waals surface area contributed by atoms with Gasteiger partial charge in [-0.2, -0.15) is 0 Å². The monoisotopic (exact) mass is 225 g/mol. The first-order valence-electron chi connectivity index (χ1n) is 5.01. The zero-order chi connectivity index (χ0) is 10.9. The number of hydrogen-bond donors (Lipinski definition) is 0. The fourth-order valence-corrected chi connectivity index (χ4v) is 1.54. The quantitative estimate of drug-likeness (QED) is 0.570. The van der Waals surface area contributed by atoms with Gasteiger partial charge in [0.25, 0.3) is 0 Å². The lowest BCUT2D eigenvalue weighted by molar-refractivity contribution is 0.173. The van der Waals surface area contributed by atoms with Crippen molar-refractivity contribution in [3.05, 3.63) is 30.1 Å². The molecule has 0 N–H and O–H groups in total. The van der Waals surface area contributed by atoms with Crippen LogP contribution >= 0.6 is 11.8 Å². The lowest BCUT2D eigenvalue weighted by Gasteiger charge is -2.03. The average Bonchev–Trinajstić information content (AvgIpc) is 2.26. The molecule has 0 amide bonds. The van der Waals surface area contributed by atoms with Gasteiger partial charge >= 0.3 is 5.30 Å².